The van der Waals surface area contributed by atoms with Crippen molar-refractivity contribution in [1.29, 1.82) is 0 Å². The molecule has 2 aromatic rings. The van der Waals surface area contributed by atoms with Crippen LogP contribution in [0.1, 0.15) is 11.4 Å². The highest BCUT2D eigenvalue weighted by atomic mass is 32.2. The van der Waals surface area contributed by atoms with Crippen molar-refractivity contribution in [3.63, 3.8) is 0 Å². The molecule has 0 atom stereocenters. The van der Waals surface area contributed by atoms with Crippen molar-refractivity contribution >= 4 is 29.1 Å². The monoisotopic (exact) mass is 266 g/mol. The lowest BCUT2D eigenvalue weighted by Crippen LogP contribution is -2.13. The molecule has 0 fully saturated rings. The second-order valence-electron chi connectivity index (χ2n) is 3.19. The molecule has 1 heterocycles. The SMILES string of the molecule is Cc1nsc(Sc2ccccc2C(N)=NO)n1. The Morgan fingerprint density at radius 2 is 2.24 bits per heavy atom. The molecular weight excluding hydrogens is 256 g/mol. The standard InChI is InChI=1S/C10H10N4OS2/c1-6-12-10(17-14-6)16-8-5-3-2-4-7(8)9(11)13-15/h2-5,15H,1H3,(H2,11,13). The van der Waals surface area contributed by atoms with Crippen LogP contribution in [0.2, 0.25) is 0 Å². The van der Waals surface area contributed by atoms with Crippen molar-refractivity contribution in [1.82, 2.24) is 9.36 Å². The first-order valence-electron chi connectivity index (χ1n) is 4.76. The molecule has 0 saturated carbocycles. The van der Waals surface area contributed by atoms with Gasteiger partial charge in [-0.2, -0.15) is 4.37 Å². The van der Waals surface area contributed by atoms with Gasteiger partial charge < -0.3 is 10.9 Å². The Labute approximate surface area is 107 Å². The molecule has 0 aliphatic carbocycles. The van der Waals surface area contributed by atoms with E-state index in [4.69, 9.17) is 10.9 Å². The van der Waals surface area contributed by atoms with Crippen molar-refractivity contribution in [2.45, 2.75) is 16.2 Å². The predicted octanol–water partition coefficient (Wildman–Crippen LogP) is 2.09. The topological polar surface area (TPSA) is 84.4 Å². The largest absolute Gasteiger partial charge is 0.409 e. The summed E-state index contributed by atoms with van der Waals surface area (Å²) in [5, 5.41) is 11.7. The minimum atomic E-state index is 0.0920. The van der Waals surface area contributed by atoms with Crippen molar-refractivity contribution in [2.75, 3.05) is 0 Å². The Bertz CT molecular complexity index is 553. The molecule has 5 nitrogen and oxygen atoms in total. The highest BCUT2D eigenvalue weighted by Crippen LogP contribution is 2.31. The van der Waals surface area contributed by atoms with E-state index in [2.05, 4.69) is 14.5 Å². The summed E-state index contributed by atoms with van der Waals surface area (Å²) in [5.41, 5.74) is 6.30. The van der Waals surface area contributed by atoms with E-state index in [1.165, 1.54) is 23.3 Å². The summed E-state index contributed by atoms with van der Waals surface area (Å²) in [6, 6.07) is 7.42. The smallest absolute Gasteiger partial charge is 0.174 e. The van der Waals surface area contributed by atoms with Gasteiger partial charge in [0.05, 0.1) is 0 Å². The number of amidine groups is 1. The van der Waals surface area contributed by atoms with Crippen LogP contribution in [0.5, 0.6) is 0 Å². The number of aromatic nitrogens is 2. The second-order valence-corrected chi connectivity index (χ2v) is 5.23. The lowest BCUT2D eigenvalue weighted by Gasteiger charge is -2.04. The maximum Gasteiger partial charge on any atom is 0.174 e. The van der Waals surface area contributed by atoms with Gasteiger partial charge in [-0.3, -0.25) is 0 Å². The molecule has 3 N–H and O–H groups in total. The van der Waals surface area contributed by atoms with Crippen LogP contribution in [-0.2, 0) is 0 Å². The van der Waals surface area contributed by atoms with Crippen LogP contribution in [-0.4, -0.2) is 20.4 Å². The van der Waals surface area contributed by atoms with E-state index in [0.717, 1.165) is 15.1 Å². The molecule has 88 valence electrons. The van der Waals surface area contributed by atoms with Crippen molar-refractivity contribution in [3.8, 4) is 0 Å². The van der Waals surface area contributed by atoms with Gasteiger partial charge >= 0.3 is 0 Å². The number of rotatable bonds is 3. The fourth-order valence-corrected chi connectivity index (χ4v) is 2.98. The van der Waals surface area contributed by atoms with E-state index in [0.29, 0.717) is 5.56 Å². The quantitative estimate of drug-likeness (QED) is 0.384. The Morgan fingerprint density at radius 3 is 2.88 bits per heavy atom. The zero-order chi connectivity index (χ0) is 12.3. The summed E-state index contributed by atoms with van der Waals surface area (Å²) in [7, 11) is 0. The average molecular weight is 266 g/mol. The molecular formula is C10H10N4OS2. The molecule has 0 amide bonds. The number of nitrogens with zero attached hydrogens (tertiary/aromatic N) is 3. The normalized spacial score (nSPS) is 11.7. The maximum absolute atomic E-state index is 8.71. The third-order valence-corrected chi connectivity index (χ3v) is 3.90. The number of nitrogens with two attached hydrogens (primary N) is 1. The van der Waals surface area contributed by atoms with Gasteiger partial charge in [-0.15, -0.1) is 0 Å². The van der Waals surface area contributed by atoms with E-state index in [9.17, 15) is 0 Å². The molecule has 1 aromatic carbocycles. The van der Waals surface area contributed by atoms with Crippen LogP contribution in [0.4, 0.5) is 0 Å². The molecule has 0 aliphatic heterocycles. The van der Waals surface area contributed by atoms with Crippen LogP contribution in [0.15, 0.2) is 38.7 Å². The fourth-order valence-electron chi connectivity index (χ4n) is 1.23. The van der Waals surface area contributed by atoms with E-state index in [1.807, 2.05) is 25.1 Å². The van der Waals surface area contributed by atoms with E-state index < -0.39 is 0 Å². The van der Waals surface area contributed by atoms with Crippen molar-refractivity contribution in [2.24, 2.45) is 10.9 Å². The predicted molar refractivity (Wildman–Crippen MR) is 67.7 cm³/mol. The highest BCUT2D eigenvalue weighted by molar-refractivity contribution is 8.01. The summed E-state index contributed by atoms with van der Waals surface area (Å²) in [6.45, 7) is 1.84. The number of oxime groups is 1. The van der Waals surface area contributed by atoms with Gasteiger partial charge in [-0.25, -0.2) is 4.98 Å². The van der Waals surface area contributed by atoms with Crippen LogP contribution < -0.4 is 5.73 Å². The first kappa shape index (κ1) is 11.9. The zero-order valence-electron chi connectivity index (χ0n) is 8.99. The summed E-state index contributed by atoms with van der Waals surface area (Å²) in [5.74, 6) is 0.841. The molecule has 0 unspecified atom stereocenters. The van der Waals surface area contributed by atoms with Crippen LogP contribution in [0, 0.1) is 6.92 Å². The van der Waals surface area contributed by atoms with Gasteiger partial charge in [0.25, 0.3) is 0 Å². The lowest BCUT2D eigenvalue weighted by atomic mass is 10.2. The van der Waals surface area contributed by atoms with E-state index in [1.54, 1.807) is 6.07 Å². The molecule has 0 spiro atoms. The summed E-state index contributed by atoms with van der Waals surface area (Å²) in [6.07, 6.45) is 0. The zero-order valence-corrected chi connectivity index (χ0v) is 10.6. The Hall–Kier alpha value is -1.60. The minimum absolute atomic E-state index is 0.0920. The van der Waals surface area contributed by atoms with Gasteiger partial charge in [0.15, 0.2) is 10.2 Å². The van der Waals surface area contributed by atoms with E-state index >= 15 is 0 Å². The molecule has 0 radical (unpaired) electrons. The summed E-state index contributed by atoms with van der Waals surface area (Å²) >= 11 is 2.78. The van der Waals surface area contributed by atoms with E-state index in [-0.39, 0.29) is 5.84 Å². The van der Waals surface area contributed by atoms with Gasteiger partial charge in [0, 0.05) is 10.5 Å². The first-order valence-corrected chi connectivity index (χ1v) is 6.35. The highest BCUT2D eigenvalue weighted by Gasteiger charge is 2.10. The molecule has 1 aromatic heterocycles. The van der Waals surface area contributed by atoms with Gasteiger partial charge in [0.2, 0.25) is 0 Å². The Balaban J connectivity index is 2.32. The third kappa shape index (κ3) is 2.75. The second kappa shape index (κ2) is 5.15. The maximum atomic E-state index is 8.71. The summed E-state index contributed by atoms with van der Waals surface area (Å²) < 4.78 is 4.94. The van der Waals surface area contributed by atoms with Gasteiger partial charge in [0.1, 0.15) is 5.82 Å². The van der Waals surface area contributed by atoms with Gasteiger partial charge in [-0.05, 0) is 24.5 Å². The number of hydrogen-bond acceptors (Lipinski definition) is 6. The Kier molecular flexibility index (Phi) is 3.60. The minimum Gasteiger partial charge on any atom is -0.409 e. The van der Waals surface area contributed by atoms with Crippen molar-refractivity contribution in [3.05, 3.63) is 35.7 Å². The summed E-state index contributed by atoms with van der Waals surface area (Å²) in [4.78, 5) is 5.15. The molecule has 7 heteroatoms. The fraction of sp³-hybridized carbons (Fsp3) is 0.100. The van der Waals surface area contributed by atoms with Gasteiger partial charge in [-0.1, -0.05) is 35.1 Å². The van der Waals surface area contributed by atoms with Crippen LogP contribution >= 0.6 is 23.3 Å². The van der Waals surface area contributed by atoms with Crippen LogP contribution in [0.3, 0.4) is 0 Å². The van der Waals surface area contributed by atoms with Crippen LogP contribution in [0.25, 0.3) is 0 Å². The molecule has 17 heavy (non-hydrogen) atoms. The average Bonchev–Trinajstić information content (AvgIpc) is 2.74. The number of aryl methyl sites for hydroxylation is 1. The molecule has 0 bridgehead atoms. The first-order chi connectivity index (χ1) is 8.20. The molecule has 0 aliphatic rings. The molecule has 0 saturated heterocycles. The number of hydrogen-bond donors (Lipinski definition) is 2. The van der Waals surface area contributed by atoms with Crippen molar-refractivity contribution < 1.29 is 5.21 Å². The number of benzene rings is 1. The molecule has 2 rings (SSSR count). The third-order valence-electron chi connectivity index (χ3n) is 1.98. The Morgan fingerprint density at radius 1 is 1.47 bits per heavy atom. The lowest BCUT2D eigenvalue weighted by molar-refractivity contribution is 0.318.